The summed E-state index contributed by atoms with van der Waals surface area (Å²) in [7, 11) is 1.73. The van der Waals surface area contributed by atoms with Crippen LogP contribution < -0.4 is 10.6 Å². The van der Waals surface area contributed by atoms with Gasteiger partial charge in [-0.1, -0.05) is 47.5 Å². The summed E-state index contributed by atoms with van der Waals surface area (Å²) in [5.74, 6) is 1.05. The fourth-order valence-corrected chi connectivity index (χ4v) is 4.59. The quantitative estimate of drug-likeness (QED) is 0.428. The summed E-state index contributed by atoms with van der Waals surface area (Å²) in [4.78, 5) is 14.3. The van der Waals surface area contributed by atoms with Gasteiger partial charge in [0.2, 0.25) is 5.95 Å². The first-order valence-electron chi connectivity index (χ1n) is 11.1. The maximum Gasteiger partial charge on any atom is 0.228 e. The van der Waals surface area contributed by atoms with E-state index in [1.54, 1.807) is 17.9 Å². The SMILES string of the molecule is COCCN1CCN(c2nc(-c3cccc(Cl)c3)c3c(N)n(-c4ccccc4Cl)nc3n2)CC1. The van der Waals surface area contributed by atoms with E-state index in [0.717, 1.165) is 44.9 Å². The van der Waals surface area contributed by atoms with Crippen molar-refractivity contribution in [1.29, 1.82) is 0 Å². The molecule has 2 aromatic carbocycles. The first kappa shape index (κ1) is 22.9. The summed E-state index contributed by atoms with van der Waals surface area (Å²) >= 11 is 12.8. The third-order valence-corrected chi connectivity index (χ3v) is 6.56. The predicted octanol–water partition coefficient (Wildman–Crippen LogP) is 4.14. The van der Waals surface area contributed by atoms with Crippen molar-refractivity contribution in [3.63, 3.8) is 0 Å². The highest BCUT2D eigenvalue weighted by Gasteiger charge is 2.24. The van der Waals surface area contributed by atoms with Crippen LogP contribution in [0, 0.1) is 0 Å². The molecule has 5 rings (SSSR count). The van der Waals surface area contributed by atoms with Crippen molar-refractivity contribution in [1.82, 2.24) is 24.6 Å². The van der Waals surface area contributed by atoms with Gasteiger partial charge in [-0.05, 0) is 24.3 Å². The molecule has 0 spiro atoms. The molecule has 0 unspecified atom stereocenters. The number of ether oxygens (including phenoxy) is 1. The van der Waals surface area contributed by atoms with Crippen LogP contribution in [0.1, 0.15) is 0 Å². The number of piperazine rings is 1. The molecular formula is C24H25Cl2N7O. The lowest BCUT2D eigenvalue weighted by atomic mass is 10.1. The number of nitrogens with zero attached hydrogens (tertiary/aromatic N) is 6. The molecule has 1 aliphatic rings. The van der Waals surface area contributed by atoms with Gasteiger partial charge in [0.25, 0.3) is 0 Å². The molecule has 1 aliphatic heterocycles. The Balaban J connectivity index is 1.61. The fourth-order valence-electron chi connectivity index (χ4n) is 4.19. The van der Waals surface area contributed by atoms with E-state index in [1.807, 2.05) is 42.5 Å². The summed E-state index contributed by atoms with van der Waals surface area (Å²) in [6.45, 7) is 5.08. The lowest BCUT2D eigenvalue weighted by molar-refractivity contribution is 0.144. The van der Waals surface area contributed by atoms with Crippen LogP contribution in [0.3, 0.4) is 0 Å². The summed E-state index contributed by atoms with van der Waals surface area (Å²) < 4.78 is 6.84. The van der Waals surface area contributed by atoms with Crippen molar-refractivity contribution in [3.8, 4) is 16.9 Å². The molecule has 0 aliphatic carbocycles. The number of hydrogen-bond acceptors (Lipinski definition) is 7. The molecule has 34 heavy (non-hydrogen) atoms. The summed E-state index contributed by atoms with van der Waals surface area (Å²) in [6, 6.07) is 15.0. The Hall–Kier alpha value is -2.91. The highest BCUT2D eigenvalue weighted by Crippen LogP contribution is 2.35. The molecule has 0 amide bonds. The van der Waals surface area contributed by atoms with E-state index in [-0.39, 0.29) is 0 Å². The van der Waals surface area contributed by atoms with Crippen molar-refractivity contribution >= 4 is 46.0 Å². The van der Waals surface area contributed by atoms with E-state index in [9.17, 15) is 0 Å². The highest BCUT2D eigenvalue weighted by atomic mass is 35.5. The molecule has 8 nitrogen and oxygen atoms in total. The Kier molecular flexibility index (Phi) is 6.56. The second-order valence-corrected chi connectivity index (χ2v) is 8.99. The van der Waals surface area contributed by atoms with E-state index in [1.165, 1.54) is 0 Å². The number of anilines is 2. The average Bonchev–Trinajstić information content (AvgIpc) is 3.19. The molecule has 1 fully saturated rings. The van der Waals surface area contributed by atoms with Crippen LogP contribution in [0.15, 0.2) is 48.5 Å². The van der Waals surface area contributed by atoms with Crippen LogP contribution in [0.25, 0.3) is 28.0 Å². The zero-order chi connectivity index (χ0) is 23.7. The Morgan fingerprint density at radius 3 is 2.53 bits per heavy atom. The molecule has 3 heterocycles. The Labute approximate surface area is 207 Å². The summed E-state index contributed by atoms with van der Waals surface area (Å²) in [5.41, 5.74) is 9.35. The largest absolute Gasteiger partial charge is 0.383 e. The minimum absolute atomic E-state index is 0.425. The zero-order valence-corrected chi connectivity index (χ0v) is 20.3. The fraction of sp³-hybridized carbons (Fsp3) is 0.292. The number of methoxy groups -OCH3 is 1. The van der Waals surface area contributed by atoms with Crippen molar-refractivity contribution in [2.45, 2.75) is 0 Å². The third-order valence-electron chi connectivity index (χ3n) is 6.00. The number of rotatable bonds is 6. The van der Waals surface area contributed by atoms with Gasteiger partial charge in [0, 0.05) is 50.4 Å². The van der Waals surface area contributed by atoms with Crippen LogP contribution in [0.2, 0.25) is 10.0 Å². The lowest BCUT2D eigenvalue weighted by Gasteiger charge is -2.34. The van der Waals surface area contributed by atoms with Crippen LogP contribution >= 0.6 is 23.2 Å². The molecular weight excluding hydrogens is 473 g/mol. The van der Waals surface area contributed by atoms with Gasteiger partial charge in [-0.2, -0.15) is 4.98 Å². The van der Waals surface area contributed by atoms with Crippen molar-refractivity contribution in [3.05, 3.63) is 58.6 Å². The van der Waals surface area contributed by atoms with Gasteiger partial charge in [0.05, 0.1) is 28.4 Å². The maximum absolute atomic E-state index is 6.61. The van der Waals surface area contributed by atoms with Crippen molar-refractivity contribution < 1.29 is 4.74 Å². The van der Waals surface area contributed by atoms with E-state index in [4.69, 9.17) is 48.7 Å². The van der Waals surface area contributed by atoms with Crippen LogP contribution in [-0.4, -0.2) is 71.1 Å². The van der Waals surface area contributed by atoms with Crippen molar-refractivity contribution in [2.75, 3.05) is 57.1 Å². The predicted molar refractivity (Wildman–Crippen MR) is 137 cm³/mol. The summed E-state index contributed by atoms with van der Waals surface area (Å²) in [5, 5.41) is 6.57. The average molecular weight is 498 g/mol. The third kappa shape index (κ3) is 4.42. The van der Waals surface area contributed by atoms with Gasteiger partial charge < -0.3 is 15.4 Å². The Bertz CT molecular complexity index is 1320. The molecule has 0 atom stereocenters. The molecule has 2 N–H and O–H groups in total. The molecule has 2 aromatic heterocycles. The van der Waals surface area contributed by atoms with Gasteiger partial charge in [-0.3, -0.25) is 4.90 Å². The number of halogens is 2. The van der Waals surface area contributed by atoms with Crippen LogP contribution in [0.4, 0.5) is 11.8 Å². The molecule has 1 saturated heterocycles. The van der Waals surface area contributed by atoms with E-state index >= 15 is 0 Å². The minimum Gasteiger partial charge on any atom is -0.383 e. The van der Waals surface area contributed by atoms with Crippen LogP contribution in [0.5, 0.6) is 0 Å². The standard InChI is InChI=1S/C24H25Cl2N7O/c1-34-14-13-31-9-11-32(12-10-31)24-28-21(16-5-4-6-17(25)15-16)20-22(27)33(30-23(20)29-24)19-8-3-2-7-18(19)26/h2-8,15H,9-14,27H2,1H3. The Morgan fingerprint density at radius 2 is 1.79 bits per heavy atom. The van der Waals surface area contributed by atoms with E-state index < -0.39 is 0 Å². The number of benzene rings is 2. The molecule has 176 valence electrons. The second-order valence-electron chi connectivity index (χ2n) is 8.15. The number of hydrogen-bond donors (Lipinski definition) is 1. The second kappa shape index (κ2) is 9.76. The first-order valence-corrected chi connectivity index (χ1v) is 11.8. The monoisotopic (exact) mass is 497 g/mol. The van der Waals surface area contributed by atoms with Gasteiger partial charge in [0.15, 0.2) is 5.65 Å². The molecule has 0 saturated carbocycles. The molecule has 0 radical (unpaired) electrons. The highest BCUT2D eigenvalue weighted by molar-refractivity contribution is 6.32. The van der Waals surface area contributed by atoms with Crippen LogP contribution in [-0.2, 0) is 4.74 Å². The van der Waals surface area contributed by atoms with E-state index in [0.29, 0.717) is 44.2 Å². The minimum atomic E-state index is 0.425. The lowest BCUT2D eigenvalue weighted by Crippen LogP contribution is -2.47. The molecule has 10 heteroatoms. The smallest absolute Gasteiger partial charge is 0.228 e. The molecule has 4 aromatic rings. The maximum atomic E-state index is 6.61. The number of nitrogens with two attached hydrogens (primary N) is 1. The van der Waals surface area contributed by atoms with Gasteiger partial charge >= 0.3 is 0 Å². The zero-order valence-electron chi connectivity index (χ0n) is 18.8. The Morgan fingerprint density at radius 1 is 1.00 bits per heavy atom. The van der Waals surface area contributed by atoms with E-state index in [2.05, 4.69) is 9.80 Å². The first-order chi connectivity index (χ1) is 16.5. The number of aromatic nitrogens is 4. The van der Waals surface area contributed by atoms with Crippen molar-refractivity contribution in [2.24, 2.45) is 0 Å². The van der Waals surface area contributed by atoms with Gasteiger partial charge in [0.1, 0.15) is 5.82 Å². The normalized spacial score (nSPS) is 14.7. The molecule has 0 bridgehead atoms. The topological polar surface area (TPSA) is 85.3 Å². The summed E-state index contributed by atoms with van der Waals surface area (Å²) in [6.07, 6.45) is 0. The number of fused-ring (bicyclic) bond motifs is 1. The number of para-hydroxylation sites is 1. The van der Waals surface area contributed by atoms with Gasteiger partial charge in [-0.25, -0.2) is 9.67 Å². The number of nitrogen functional groups attached to an aromatic ring is 1. The van der Waals surface area contributed by atoms with Gasteiger partial charge in [-0.15, -0.1) is 5.10 Å².